The van der Waals surface area contributed by atoms with Crippen molar-refractivity contribution >= 4 is 15.9 Å². The molecule has 0 N–H and O–H groups in total. The SMILES string of the molecule is COc1cc(-c2ncco2)ccc1Br. The minimum atomic E-state index is 0.593. The molecular formula is C10H8BrNO2. The lowest BCUT2D eigenvalue weighted by molar-refractivity contribution is 0.412. The molecular weight excluding hydrogens is 246 g/mol. The second kappa shape index (κ2) is 3.84. The van der Waals surface area contributed by atoms with E-state index in [9.17, 15) is 0 Å². The average molecular weight is 254 g/mol. The van der Waals surface area contributed by atoms with Crippen LogP contribution in [0.1, 0.15) is 0 Å². The zero-order chi connectivity index (χ0) is 9.97. The van der Waals surface area contributed by atoms with Crippen molar-refractivity contribution in [2.45, 2.75) is 0 Å². The van der Waals surface area contributed by atoms with E-state index in [1.807, 2.05) is 18.2 Å². The molecule has 2 aromatic rings. The first kappa shape index (κ1) is 9.27. The molecule has 1 aromatic carbocycles. The van der Waals surface area contributed by atoms with Crippen LogP contribution in [0.2, 0.25) is 0 Å². The van der Waals surface area contributed by atoms with E-state index in [1.165, 1.54) is 0 Å². The molecule has 0 amide bonds. The highest BCUT2D eigenvalue weighted by atomic mass is 79.9. The second-order valence-corrected chi connectivity index (χ2v) is 3.54. The van der Waals surface area contributed by atoms with E-state index in [2.05, 4.69) is 20.9 Å². The first-order valence-corrected chi connectivity index (χ1v) is 4.84. The number of oxazole rings is 1. The highest BCUT2D eigenvalue weighted by molar-refractivity contribution is 9.10. The van der Waals surface area contributed by atoms with Crippen LogP contribution in [0.15, 0.2) is 39.5 Å². The number of hydrogen-bond acceptors (Lipinski definition) is 3. The minimum Gasteiger partial charge on any atom is -0.496 e. The maximum Gasteiger partial charge on any atom is 0.225 e. The molecule has 2 rings (SSSR count). The molecule has 0 bridgehead atoms. The summed E-state index contributed by atoms with van der Waals surface area (Å²) in [5.74, 6) is 1.36. The Hall–Kier alpha value is -1.29. The smallest absolute Gasteiger partial charge is 0.225 e. The summed E-state index contributed by atoms with van der Waals surface area (Å²) in [7, 11) is 1.62. The Balaban J connectivity index is 2.46. The van der Waals surface area contributed by atoms with Crippen LogP contribution in [0.4, 0.5) is 0 Å². The Morgan fingerprint density at radius 2 is 2.29 bits per heavy atom. The molecule has 0 saturated heterocycles. The number of aromatic nitrogens is 1. The Morgan fingerprint density at radius 3 is 2.93 bits per heavy atom. The summed E-state index contributed by atoms with van der Waals surface area (Å²) in [5.41, 5.74) is 0.898. The van der Waals surface area contributed by atoms with Gasteiger partial charge in [-0.05, 0) is 34.1 Å². The lowest BCUT2D eigenvalue weighted by Crippen LogP contribution is -1.85. The molecule has 0 fully saturated rings. The molecule has 0 atom stereocenters. The van der Waals surface area contributed by atoms with Crippen molar-refractivity contribution in [1.82, 2.24) is 4.98 Å². The van der Waals surface area contributed by atoms with Gasteiger partial charge in [-0.25, -0.2) is 4.98 Å². The minimum absolute atomic E-state index is 0.593. The van der Waals surface area contributed by atoms with Crippen LogP contribution in [0.25, 0.3) is 11.5 Å². The van der Waals surface area contributed by atoms with E-state index < -0.39 is 0 Å². The van der Waals surface area contributed by atoms with Crippen molar-refractivity contribution in [1.29, 1.82) is 0 Å². The zero-order valence-corrected chi connectivity index (χ0v) is 9.11. The average Bonchev–Trinajstić information content (AvgIpc) is 2.71. The first-order chi connectivity index (χ1) is 6.81. The van der Waals surface area contributed by atoms with Crippen LogP contribution in [0.3, 0.4) is 0 Å². The molecule has 3 nitrogen and oxygen atoms in total. The van der Waals surface area contributed by atoms with Crippen molar-refractivity contribution in [2.75, 3.05) is 7.11 Å². The van der Waals surface area contributed by atoms with Crippen molar-refractivity contribution in [2.24, 2.45) is 0 Å². The highest BCUT2D eigenvalue weighted by Crippen LogP contribution is 2.29. The van der Waals surface area contributed by atoms with Crippen molar-refractivity contribution in [3.8, 4) is 17.2 Å². The molecule has 0 aliphatic carbocycles. The van der Waals surface area contributed by atoms with Crippen LogP contribution in [-0.2, 0) is 0 Å². The summed E-state index contributed by atoms with van der Waals surface area (Å²) >= 11 is 3.38. The van der Waals surface area contributed by atoms with Gasteiger partial charge in [-0.15, -0.1) is 0 Å². The Morgan fingerprint density at radius 1 is 1.43 bits per heavy atom. The predicted molar refractivity (Wildman–Crippen MR) is 56.2 cm³/mol. The van der Waals surface area contributed by atoms with Gasteiger partial charge in [-0.2, -0.15) is 0 Å². The number of methoxy groups -OCH3 is 1. The van der Waals surface area contributed by atoms with E-state index in [4.69, 9.17) is 9.15 Å². The number of rotatable bonds is 2. The van der Waals surface area contributed by atoms with Gasteiger partial charge in [-0.3, -0.25) is 0 Å². The third-order valence-corrected chi connectivity index (χ3v) is 2.49. The molecule has 14 heavy (non-hydrogen) atoms. The highest BCUT2D eigenvalue weighted by Gasteiger charge is 2.06. The summed E-state index contributed by atoms with van der Waals surface area (Å²) in [6.07, 6.45) is 3.16. The lowest BCUT2D eigenvalue weighted by atomic mass is 10.2. The fraction of sp³-hybridized carbons (Fsp3) is 0.100. The lowest BCUT2D eigenvalue weighted by Gasteiger charge is -2.03. The molecule has 4 heteroatoms. The Kier molecular flexibility index (Phi) is 2.54. The third-order valence-electron chi connectivity index (χ3n) is 1.83. The third kappa shape index (κ3) is 1.65. The van der Waals surface area contributed by atoms with Crippen LogP contribution < -0.4 is 4.74 Å². The number of benzene rings is 1. The standard InChI is InChI=1S/C10H8BrNO2/c1-13-9-6-7(2-3-8(9)11)10-12-4-5-14-10/h2-6H,1H3. The number of ether oxygens (including phenoxy) is 1. The topological polar surface area (TPSA) is 35.3 Å². The molecule has 72 valence electrons. The maximum absolute atomic E-state index is 5.18. The summed E-state index contributed by atoms with van der Waals surface area (Å²) in [5, 5.41) is 0. The van der Waals surface area contributed by atoms with Gasteiger partial charge in [0.15, 0.2) is 0 Å². The summed E-state index contributed by atoms with van der Waals surface area (Å²) in [6, 6.07) is 5.69. The molecule has 0 spiro atoms. The van der Waals surface area contributed by atoms with Gasteiger partial charge in [0.2, 0.25) is 5.89 Å². The van der Waals surface area contributed by atoms with Crippen molar-refractivity contribution in [3.05, 3.63) is 35.1 Å². The number of hydrogen-bond donors (Lipinski definition) is 0. The largest absolute Gasteiger partial charge is 0.496 e. The van der Waals surface area contributed by atoms with Gasteiger partial charge >= 0.3 is 0 Å². The van der Waals surface area contributed by atoms with Gasteiger partial charge in [0.1, 0.15) is 12.0 Å². The fourth-order valence-corrected chi connectivity index (χ4v) is 1.57. The van der Waals surface area contributed by atoms with Gasteiger partial charge < -0.3 is 9.15 Å². The predicted octanol–water partition coefficient (Wildman–Crippen LogP) is 3.11. The van der Waals surface area contributed by atoms with Crippen LogP contribution >= 0.6 is 15.9 Å². The van der Waals surface area contributed by atoms with Crippen molar-refractivity contribution in [3.63, 3.8) is 0 Å². The summed E-state index contributed by atoms with van der Waals surface area (Å²) in [4.78, 5) is 4.05. The van der Waals surface area contributed by atoms with Crippen molar-refractivity contribution < 1.29 is 9.15 Å². The number of halogens is 1. The second-order valence-electron chi connectivity index (χ2n) is 2.69. The Bertz CT molecular complexity index is 426. The molecule has 1 aromatic heterocycles. The first-order valence-electron chi connectivity index (χ1n) is 4.04. The molecule has 0 saturated carbocycles. The molecule has 0 radical (unpaired) electrons. The van der Waals surface area contributed by atoms with Gasteiger partial charge in [0, 0.05) is 5.56 Å². The van der Waals surface area contributed by atoms with E-state index in [0.29, 0.717) is 5.89 Å². The van der Waals surface area contributed by atoms with Crippen LogP contribution in [0.5, 0.6) is 5.75 Å². The van der Waals surface area contributed by atoms with Crippen LogP contribution in [-0.4, -0.2) is 12.1 Å². The van der Waals surface area contributed by atoms with Crippen LogP contribution in [0, 0.1) is 0 Å². The van der Waals surface area contributed by atoms with Gasteiger partial charge in [-0.1, -0.05) is 0 Å². The van der Waals surface area contributed by atoms with E-state index in [-0.39, 0.29) is 0 Å². The zero-order valence-electron chi connectivity index (χ0n) is 7.53. The molecule has 0 aliphatic rings. The Labute approximate surface area is 89.8 Å². The molecule has 0 aliphatic heterocycles. The maximum atomic E-state index is 5.18. The van der Waals surface area contributed by atoms with E-state index >= 15 is 0 Å². The molecule has 1 heterocycles. The van der Waals surface area contributed by atoms with Gasteiger partial charge in [0.05, 0.1) is 17.8 Å². The monoisotopic (exact) mass is 253 g/mol. The summed E-state index contributed by atoms with van der Waals surface area (Å²) in [6.45, 7) is 0. The van der Waals surface area contributed by atoms with E-state index in [1.54, 1.807) is 19.6 Å². The normalized spacial score (nSPS) is 10.1. The number of nitrogens with zero attached hydrogens (tertiary/aromatic N) is 1. The summed E-state index contributed by atoms with van der Waals surface area (Å²) < 4.78 is 11.3. The quantitative estimate of drug-likeness (QED) is 0.825. The van der Waals surface area contributed by atoms with E-state index in [0.717, 1.165) is 15.8 Å². The van der Waals surface area contributed by atoms with Gasteiger partial charge in [0.25, 0.3) is 0 Å². The fourth-order valence-electron chi connectivity index (χ4n) is 1.16. The molecule has 0 unspecified atom stereocenters.